The van der Waals surface area contributed by atoms with Gasteiger partial charge >= 0.3 is 5.97 Å². The number of aromatic carboxylic acids is 1. The first-order valence-electron chi connectivity index (χ1n) is 6.29. The largest absolute Gasteiger partial charge is 0.486 e. The summed E-state index contributed by atoms with van der Waals surface area (Å²) in [6.07, 6.45) is 1.40. The number of hydrogen-bond donors (Lipinski definition) is 3. The lowest BCUT2D eigenvalue weighted by Crippen LogP contribution is -2.15. The van der Waals surface area contributed by atoms with Crippen molar-refractivity contribution in [3.8, 4) is 11.5 Å². The van der Waals surface area contributed by atoms with E-state index in [-0.39, 0.29) is 11.4 Å². The number of nitrogens with zero attached hydrogens (tertiary/aromatic N) is 1. The van der Waals surface area contributed by atoms with Crippen LogP contribution in [0, 0.1) is 0 Å². The van der Waals surface area contributed by atoms with Gasteiger partial charge in [0, 0.05) is 11.8 Å². The van der Waals surface area contributed by atoms with Crippen molar-refractivity contribution in [2.45, 2.75) is 0 Å². The molecule has 3 rings (SSSR count). The summed E-state index contributed by atoms with van der Waals surface area (Å²) in [5.74, 6) is 0.386. The SMILES string of the molecule is Nc1cnc(Nc2ccc3c(c2)OCCO3)c(C(=O)O)c1. The van der Waals surface area contributed by atoms with Gasteiger partial charge in [-0.25, -0.2) is 9.78 Å². The fraction of sp³-hybridized carbons (Fsp3) is 0.143. The molecule has 0 fully saturated rings. The van der Waals surface area contributed by atoms with Gasteiger partial charge in [-0.2, -0.15) is 0 Å². The molecule has 0 saturated carbocycles. The van der Waals surface area contributed by atoms with E-state index in [2.05, 4.69) is 10.3 Å². The molecule has 108 valence electrons. The molecule has 0 radical (unpaired) electrons. The molecule has 21 heavy (non-hydrogen) atoms. The first-order chi connectivity index (χ1) is 10.1. The Bertz CT molecular complexity index is 703. The van der Waals surface area contributed by atoms with Gasteiger partial charge in [-0.3, -0.25) is 0 Å². The van der Waals surface area contributed by atoms with Crippen LogP contribution in [0.15, 0.2) is 30.5 Å². The summed E-state index contributed by atoms with van der Waals surface area (Å²) in [5, 5.41) is 12.1. The van der Waals surface area contributed by atoms with Crippen LogP contribution >= 0.6 is 0 Å². The third-order valence-electron chi connectivity index (χ3n) is 2.94. The van der Waals surface area contributed by atoms with Crippen LogP contribution < -0.4 is 20.5 Å². The number of nitrogens with one attached hydrogen (secondary N) is 1. The van der Waals surface area contributed by atoms with Crippen molar-refractivity contribution >= 4 is 23.2 Å². The molecule has 0 unspecified atom stereocenters. The number of benzene rings is 1. The van der Waals surface area contributed by atoms with E-state index in [1.54, 1.807) is 18.2 Å². The maximum atomic E-state index is 11.2. The minimum Gasteiger partial charge on any atom is -0.486 e. The van der Waals surface area contributed by atoms with E-state index in [9.17, 15) is 9.90 Å². The number of rotatable bonds is 3. The zero-order chi connectivity index (χ0) is 14.8. The number of carboxylic acids is 1. The van der Waals surface area contributed by atoms with Gasteiger partial charge in [-0.05, 0) is 18.2 Å². The lowest BCUT2D eigenvalue weighted by atomic mass is 10.2. The molecule has 1 aromatic carbocycles. The number of carboxylic acid groups (broad SMARTS) is 1. The summed E-state index contributed by atoms with van der Waals surface area (Å²) in [6, 6.07) is 6.61. The monoisotopic (exact) mass is 287 g/mol. The minimum absolute atomic E-state index is 0.00453. The van der Waals surface area contributed by atoms with Crippen LogP contribution in [0.4, 0.5) is 17.2 Å². The van der Waals surface area contributed by atoms with Crippen LogP contribution in [-0.2, 0) is 0 Å². The Morgan fingerprint density at radius 2 is 2.00 bits per heavy atom. The lowest BCUT2D eigenvalue weighted by molar-refractivity contribution is 0.0697. The second-order valence-electron chi connectivity index (χ2n) is 4.45. The summed E-state index contributed by atoms with van der Waals surface area (Å²) >= 11 is 0. The van der Waals surface area contributed by atoms with E-state index >= 15 is 0 Å². The van der Waals surface area contributed by atoms with Gasteiger partial charge in [0.25, 0.3) is 0 Å². The Balaban J connectivity index is 1.92. The molecule has 4 N–H and O–H groups in total. The van der Waals surface area contributed by atoms with E-state index in [1.165, 1.54) is 12.3 Å². The normalized spacial score (nSPS) is 12.8. The Morgan fingerprint density at radius 3 is 2.76 bits per heavy atom. The molecule has 1 aromatic heterocycles. The van der Waals surface area contributed by atoms with E-state index < -0.39 is 5.97 Å². The van der Waals surface area contributed by atoms with E-state index in [0.717, 1.165) is 0 Å². The number of hydrogen-bond acceptors (Lipinski definition) is 6. The van der Waals surface area contributed by atoms with E-state index in [4.69, 9.17) is 15.2 Å². The molecule has 1 aliphatic heterocycles. The Hall–Kier alpha value is -2.96. The predicted octanol–water partition coefficient (Wildman–Crippen LogP) is 1.88. The van der Waals surface area contributed by atoms with Crippen molar-refractivity contribution in [3.05, 3.63) is 36.0 Å². The molecule has 2 aromatic rings. The van der Waals surface area contributed by atoms with Crippen molar-refractivity contribution < 1.29 is 19.4 Å². The first-order valence-corrected chi connectivity index (χ1v) is 6.29. The van der Waals surface area contributed by atoms with Gasteiger partial charge in [0.1, 0.15) is 24.6 Å². The highest BCUT2D eigenvalue weighted by atomic mass is 16.6. The first kappa shape index (κ1) is 13.0. The molecular weight excluding hydrogens is 274 g/mol. The minimum atomic E-state index is -1.10. The molecule has 0 bridgehead atoms. The number of carbonyl (C=O) groups is 1. The molecule has 7 nitrogen and oxygen atoms in total. The average molecular weight is 287 g/mol. The number of fused-ring (bicyclic) bond motifs is 1. The van der Waals surface area contributed by atoms with Gasteiger partial charge < -0.3 is 25.6 Å². The molecule has 0 atom stereocenters. The van der Waals surface area contributed by atoms with Gasteiger partial charge in [0.15, 0.2) is 11.5 Å². The third-order valence-corrected chi connectivity index (χ3v) is 2.94. The fourth-order valence-electron chi connectivity index (χ4n) is 2.00. The molecular formula is C14H13N3O4. The predicted molar refractivity (Wildman–Crippen MR) is 76.3 cm³/mol. The average Bonchev–Trinajstić information content (AvgIpc) is 2.49. The van der Waals surface area contributed by atoms with Crippen molar-refractivity contribution in [3.63, 3.8) is 0 Å². The summed E-state index contributed by atoms with van der Waals surface area (Å²) in [4.78, 5) is 15.2. The second kappa shape index (κ2) is 5.20. The molecule has 1 aliphatic rings. The number of anilines is 3. The van der Waals surface area contributed by atoms with E-state index in [0.29, 0.717) is 36.1 Å². The third kappa shape index (κ3) is 2.66. The molecule has 0 spiro atoms. The molecule has 7 heteroatoms. The highest BCUT2D eigenvalue weighted by Gasteiger charge is 2.15. The van der Waals surface area contributed by atoms with Crippen LogP contribution in [0.1, 0.15) is 10.4 Å². The summed E-state index contributed by atoms with van der Waals surface area (Å²) in [7, 11) is 0. The second-order valence-corrected chi connectivity index (χ2v) is 4.45. The van der Waals surface area contributed by atoms with Gasteiger partial charge in [0.05, 0.1) is 11.9 Å². The summed E-state index contributed by atoms with van der Waals surface area (Å²) in [5.41, 5.74) is 6.51. The summed E-state index contributed by atoms with van der Waals surface area (Å²) in [6.45, 7) is 0.999. The van der Waals surface area contributed by atoms with Crippen LogP contribution in [0.25, 0.3) is 0 Å². The van der Waals surface area contributed by atoms with Crippen LogP contribution in [0.2, 0.25) is 0 Å². The van der Waals surface area contributed by atoms with Crippen molar-refractivity contribution in [2.75, 3.05) is 24.3 Å². The highest BCUT2D eigenvalue weighted by molar-refractivity contribution is 5.95. The molecule has 0 saturated heterocycles. The molecule has 0 aliphatic carbocycles. The van der Waals surface area contributed by atoms with Gasteiger partial charge in [0.2, 0.25) is 0 Å². The number of aromatic nitrogens is 1. The lowest BCUT2D eigenvalue weighted by Gasteiger charge is -2.19. The number of nitrogen functional groups attached to an aromatic ring is 1. The zero-order valence-corrected chi connectivity index (χ0v) is 11.0. The van der Waals surface area contributed by atoms with Crippen LogP contribution in [0.3, 0.4) is 0 Å². The Labute approximate surface area is 120 Å². The smallest absolute Gasteiger partial charge is 0.339 e. The standard InChI is InChI=1S/C14H13N3O4/c15-8-5-10(14(18)19)13(16-7-8)17-9-1-2-11-12(6-9)21-4-3-20-11/h1-2,5-7H,3-4,15H2,(H,16,17)(H,18,19). The number of nitrogens with two attached hydrogens (primary N) is 1. The maximum Gasteiger partial charge on any atom is 0.339 e. The number of pyridine rings is 1. The Kier molecular flexibility index (Phi) is 3.23. The zero-order valence-electron chi connectivity index (χ0n) is 11.0. The van der Waals surface area contributed by atoms with Gasteiger partial charge in [-0.15, -0.1) is 0 Å². The van der Waals surface area contributed by atoms with Crippen LogP contribution in [0.5, 0.6) is 11.5 Å². The maximum absolute atomic E-state index is 11.2. The molecule has 2 heterocycles. The fourth-order valence-corrected chi connectivity index (χ4v) is 2.00. The quantitative estimate of drug-likeness (QED) is 0.791. The molecule has 0 amide bonds. The van der Waals surface area contributed by atoms with Crippen molar-refractivity contribution in [2.24, 2.45) is 0 Å². The summed E-state index contributed by atoms with van der Waals surface area (Å²) < 4.78 is 10.9. The van der Waals surface area contributed by atoms with Gasteiger partial charge in [-0.1, -0.05) is 0 Å². The number of ether oxygens (including phenoxy) is 2. The van der Waals surface area contributed by atoms with Crippen molar-refractivity contribution in [1.82, 2.24) is 4.98 Å². The highest BCUT2D eigenvalue weighted by Crippen LogP contribution is 2.33. The van der Waals surface area contributed by atoms with E-state index in [1.807, 2.05) is 0 Å². The van der Waals surface area contributed by atoms with Crippen molar-refractivity contribution in [1.29, 1.82) is 0 Å². The topological polar surface area (TPSA) is 107 Å². The van der Waals surface area contributed by atoms with Crippen LogP contribution in [-0.4, -0.2) is 29.3 Å². The Morgan fingerprint density at radius 1 is 1.24 bits per heavy atom.